The molecule has 0 spiro atoms. The molecule has 0 N–H and O–H groups in total. The minimum atomic E-state index is -3.34. The molecule has 2 rings (SSSR count). The van der Waals surface area contributed by atoms with Crippen LogP contribution in [0.3, 0.4) is 0 Å². The Kier molecular flexibility index (Phi) is 6.43. The Morgan fingerprint density at radius 3 is 2.10 bits per heavy atom. The fourth-order valence-corrected chi connectivity index (χ4v) is 6.36. The van der Waals surface area contributed by atoms with E-state index >= 15 is 0 Å². The molecule has 20 heavy (non-hydrogen) atoms. The lowest BCUT2D eigenvalue weighted by Crippen LogP contribution is -2.35. The van der Waals surface area contributed by atoms with Crippen LogP contribution >= 0.6 is 16.2 Å². The Morgan fingerprint density at radius 2 is 1.60 bits per heavy atom. The first-order chi connectivity index (χ1) is 9.66. The van der Waals surface area contributed by atoms with Crippen LogP contribution in [0.2, 0.25) is 0 Å². The van der Waals surface area contributed by atoms with Crippen molar-refractivity contribution in [1.29, 1.82) is 0 Å². The quantitative estimate of drug-likeness (QED) is 0.653. The molecule has 0 amide bonds. The molecule has 0 radical (unpaired) electrons. The average Bonchev–Trinajstić information content (AvgIpc) is 2.93. The van der Waals surface area contributed by atoms with E-state index in [-0.39, 0.29) is 0 Å². The molecule has 2 fully saturated rings. The summed E-state index contributed by atoms with van der Waals surface area (Å²) in [6.45, 7) is 5.35. The van der Waals surface area contributed by atoms with Gasteiger partial charge in [0.05, 0.1) is 26.4 Å². The minimum absolute atomic E-state index is 0.335. The van der Waals surface area contributed by atoms with Crippen molar-refractivity contribution in [3.05, 3.63) is 0 Å². The smallest absolute Gasteiger partial charge is 0.310 e. The molecule has 0 unspecified atom stereocenters. The Morgan fingerprint density at radius 1 is 1.05 bits per heavy atom. The van der Waals surface area contributed by atoms with Crippen molar-refractivity contribution in [2.24, 2.45) is 0 Å². The molecule has 1 saturated carbocycles. The predicted molar refractivity (Wildman–Crippen MR) is 76.6 cm³/mol. The maximum Gasteiger partial charge on any atom is 0.362 e. The summed E-state index contributed by atoms with van der Waals surface area (Å²) in [6, 6.07) is 0. The van der Waals surface area contributed by atoms with Crippen LogP contribution in [-0.4, -0.2) is 31.8 Å². The van der Waals surface area contributed by atoms with Gasteiger partial charge in [0.15, 0.2) is 5.34 Å². The van der Waals surface area contributed by atoms with Gasteiger partial charge in [0.2, 0.25) is 0 Å². The second-order valence-electron chi connectivity index (χ2n) is 4.82. The first-order valence-electron chi connectivity index (χ1n) is 7.30. The van der Waals surface area contributed by atoms with Gasteiger partial charge in [-0.2, -0.15) is 0 Å². The third-order valence-electron chi connectivity index (χ3n) is 3.45. The summed E-state index contributed by atoms with van der Waals surface area (Å²) in [5, 5.41) is -0.909. The van der Waals surface area contributed by atoms with Gasteiger partial charge in [0.1, 0.15) is 0 Å². The molecule has 0 bridgehead atoms. The van der Waals surface area contributed by atoms with E-state index in [1.165, 1.54) is 0 Å². The zero-order chi connectivity index (χ0) is 14.5. The number of hydrogen-bond donors (Lipinski definition) is 0. The normalized spacial score (nSPS) is 24.1. The standard InChI is InChI=1S/C12H24O6P2/c1-3-16-20(13,17-4-2)12(8-6-5-7-9-12)18-19-14-10-11-15-19/h3-11H2,1-2H3. The molecule has 1 aliphatic carbocycles. The zero-order valence-corrected chi connectivity index (χ0v) is 14.0. The van der Waals surface area contributed by atoms with Gasteiger partial charge in [0, 0.05) is 0 Å². The molecule has 1 heterocycles. The van der Waals surface area contributed by atoms with Crippen LogP contribution in [0.25, 0.3) is 0 Å². The molecule has 6 nitrogen and oxygen atoms in total. The summed E-state index contributed by atoms with van der Waals surface area (Å²) in [5.41, 5.74) is 0. The number of rotatable bonds is 7. The summed E-state index contributed by atoms with van der Waals surface area (Å²) in [7, 11) is -4.78. The Balaban J connectivity index is 2.20. The second-order valence-corrected chi connectivity index (χ2v) is 8.29. The Labute approximate surface area is 122 Å². The van der Waals surface area contributed by atoms with E-state index in [1.54, 1.807) is 0 Å². The van der Waals surface area contributed by atoms with E-state index in [0.29, 0.717) is 39.3 Å². The van der Waals surface area contributed by atoms with Gasteiger partial charge in [-0.3, -0.25) is 9.09 Å². The summed E-state index contributed by atoms with van der Waals surface area (Å²) in [5.74, 6) is 0. The third kappa shape index (κ3) is 3.61. The van der Waals surface area contributed by atoms with E-state index in [9.17, 15) is 4.57 Å². The molecule has 0 aromatic rings. The van der Waals surface area contributed by atoms with E-state index < -0.39 is 21.5 Å². The van der Waals surface area contributed by atoms with Crippen LogP contribution in [0.15, 0.2) is 0 Å². The second kappa shape index (κ2) is 7.64. The van der Waals surface area contributed by atoms with Crippen molar-refractivity contribution in [1.82, 2.24) is 0 Å². The fourth-order valence-electron chi connectivity index (χ4n) is 2.58. The minimum Gasteiger partial charge on any atom is -0.310 e. The Bertz CT molecular complexity index is 329. The van der Waals surface area contributed by atoms with Crippen LogP contribution in [0.4, 0.5) is 0 Å². The van der Waals surface area contributed by atoms with E-state index in [4.69, 9.17) is 22.6 Å². The van der Waals surface area contributed by atoms with E-state index in [1.807, 2.05) is 13.8 Å². The van der Waals surface area contributed by atoms with Crippen molar-refractivity contribution < 1.29 is 27.2 Å². The van der Waals surface area contributed by atoms with E-state index in [2.05, 4.69) is 0 Å². The predicted octanol–water partition coefficient (Wildman–Crippen LogP) is 4.20. The highest BCUT2D eigenvalue weighted by atomic mass is 31.2. The van der Waals surface area contributed by atoms with Crippen LogP contribution in [0.1, 0.15) is 46.0 Å². The lowest BCUT2D eigenvalue weighted by molar-refractivity contribution is 0.0472. The zero-order valence-electron chi connectivity index (χ0n) is 12.2. The van der Waals surface area contributed by atoms with Crippen molar-refractivity contribution >= 4 is 16.2 Å². The summed E-state index contributed by atoms with van der Waals surface area (Å²) < 4.78 is 41.1. The molecule has 2 aliphatic rings. The highest BCUT2D eigenvalue weighted by Crippen LogP contribution is 2.69. The SMILES string of the molecule is CCOP(=O)(OCC)C1(OP2OCCO2)CCCCC1. The van der Waals surface area contributed by atoms with Gasteiger partial charge in [0.25, 0.3) is 0 Å². The first kappa shape index (κ1) is 16.8. The Hall–Kier alpha value is 0.460. The first-order valence-corrected chi connectivity index (χ1v) is 9.94. The maximum absolute atomic E-state index is 13.2. The molecular weight excluding hydrogens is 302 g/mol. The van der Waals surface area contributed by atoms with Crippen LogP contribution in [0.5, 0.6) is 0 Å². The van der Waals surface area contributed by atoms with Gasteiger partial charge in [-0.1, -0.05) is 6.42 Å². The maximum atomic E-state index is 13.2. The van der Waals surface area contributed by atoms with Crippen LogP contribution in [-0.2, 0) is 27.2 Å². The molecule has 118 valence electrons. The lowest BCUT2D eigenvalue weighted by Gasteiger charge is -2.41. The largest absolute Gasteiger partial charge is 0.362 e. The molecule has 8 heteroatoms. The van der Waals surface area contributed by atoms with Gasteiger partial charge in [-0.25, -0.2) is 0 Å². The van der Waals surface area contributed by atoms with Crippen molar-refractivity contribution in [2.75, 3.05) is 26.4 Å². The van der Waals surface area contributed by atoms with Gasteiger partial charge in [-0.05, 0) is 39.5 Å². The van der Waals surface area contributed by atoms with Crippen molar-refractivity contribution in [2.45, 2.75) is 51.3 Å². The fraction of sp³-hybridized carbons (Fsp3) is 1.00. The molecule has 1 aliphatic heterocycles. The molecule has 0 aromatic carbocycles. The monoisotopic (exact) mass is 326 g/mol. The third-order valence-corrected chi connectivity index (χ3v) is 7.62. The summed E-state index contributed by atoms with van der Waals surface area (Å²) in [6.07, 6.45) is 4.34. The van der Waals surface area contributed by atoms with E-state index in [0.717, 1.165) is 19.3 Å². The van der Waals surface area contributed by atoms with Crippen LogP contribution in [0, 0.1) is 0 Å². The highest BCUT2D eigenvalue weighted by molar-refractivity contribution is 7.56. The summed E-state index contributed by atoms with van der Waals surface area (Å²) >= 11 is 0. The van der Waals surface area contributed by atoms with Crippen molar-refractivity contribution in [3.8, 4) is 0 Å². The average molecular weight is 326 g/mol. The molecular formula is C12H24O6P2. The lowest BCUT2D eigenvalue weighted by atomic mass is 9.97. The van der Waals surface area contributed by atoms with Crippen molar-refractivity contribution in [3.63, 3.8) is 0 Å². The highest BCUT2D eigenvalue weighted by Gasteiger charge is 2.55. The summed E-state index contributed by atoms with van der Waals surface area (Å²) in [4.78, 5) is 0. The topological polar surface area (TPSA) is 63.2 Å². The number of hydrogen-bond acceptors (Lipinski definition) is 6. The van der Waals surface area contributed by atoms with Gasteiger partial charge in [-0.15, -0.1) is 0 Å². The van der Waals surface area contributed by atoms with Gasteiger partial charge >= 0.3 is 16.2 Å². The molecule has 0 aromatic heterocycles. The molecule has 1 saturated heterocycles. The molecule has 0 atom stereocenters. The van der Waals surface area contributed by atoms with Crippen LogP contribution < -0.4 is 0 Å². The van der Waals surface area contributed by atoms with Gasteiger partial charge < -0.3 is 18.1 Å².